The molecule has 3 rings (SSSR count). The molecule has 29 heavy (non-hydrogen) atoms. The summed E-state index contributed by atoms with van der Waals surface area (Å²) in [5.41, 5.74) is 2.38. The highest BCUT2D eigenvalue weighted by Crippen LogP contribution is 2.32. The van der Waals surface area contributed by atoms with E-state index >= 15 is 0 Å². The third kappa shape index (κ3) is 4.72. The number of carboxylic acids is 1. The molecule has 0 spiro atoms. The van der Waals surface area contributed by atoms with Gasteiger partial charge in [-0.1, -0.05) is 11.6 Å². The Kier molecular flexibility index (Phi) is 7.30. The highest BCUT2D eigenvalue weighted by atomic mass is 35.5. The second kappa shape index (κ2) is 9.31. The summed E-state index contributed by atoms with van der Waals surface area (Å²) in [5, 5.41) is 10.7. The summed E-state index contributed by atoms with van der Waals surface area (Å²) in [6, 6.07) is 12.0. The lowest BCUT2D eigenvalue weighted by molar-refractivity contribution is -0.136. The first-order valence-corrected chi connectivity index (χ1v) is 9.06. The van der Waals surface area contributed by atoms with E-state index in [9.17, 15) is 14.7 Å². The molecule has 0 aliphatic heterocycles. The third-order valence-corrected chi connectivity index (χ3v) is 4.73. The summed E-state index contributed by atoms with van der Waals surface area (Å²) in [4.78, 5) is 26.8. The molecule has 1 aromatic heterocycles. The van der Waals surface area contributed by atoms with Crippen molar-refractivity contribution in [3.63, 3.8) is 0 Å². The van der Waals surface area contributed by atoms with Crippen LogP contribution in [0.25, 0.3) is 10.9 Å². The Morgan fingerprint density at radius 3 is 2.34 bits per heavy atom. The Balaban J connectivity index is 0.00000300. The number of ether oxygens (including phenoxy) is 1. The van der Waals surface area contributed by atoms with Gasteiger partial charge in [0.2, 0.25) is 0 Å². The number of aliphatic carboxylic acids is 1. The molecule has 154 valence electrons. The van der Waals surface area contributed by atoms with Crippen molar-refractivity contribution < 1.29 is 19.4 Å². The molecule has 0 unspecified atom stereocenters. The summed E-state index contributed by atoms with van der Waals surface area (Å²) in [6.07, 6.45) is -0.187. The predicted octanol–water partition coefficient (Wildman–Crippen LogP) is 4.10. The van der Waals surface area contributed by atoms with E-state index < -0.39 is 5.97 Å². The van der Waals surface area contributed by atoms with Gasteiger partial charge >= 0.3 is 5.97 Å². The second-order valence-corrected chi connectivity index (χ2v) is 7.20. The van der Waals surface area contributed by atoms with Crippen molar-refractivity contribution >= 4 is 46.8 Å². The lowest BCUT2D eigenvalue weighted by Crippen LogP contribution is -2.21. The number of hydrogen-bond acceptors (Lipinski definition) is 4. The molecular formula is C21H22Cl2N2O4. The van der Waals surface area contributed by atoms with Crippen LogP contribution in [-0.2, 0) is 17.8 Å². The molecule has 2 aromatic carbocycles. The highest BCUT2D eigenvalue weighted by molar-refractivity contribution is 6.30. The van der Waals surface area contributed by atoms with Crippen LogP contribution < -0.4 is 4.74 Å². The molecule has 0 aliphatic rings. The van der Waals surface area contributed by atoms with Gasteiger partial charge in [0.25, 0.3) is 5.91 Å². The number of fused-ring (bicyclic) bond motifs is 1. The lowest BCUT2D eigenvalue weighted by atomic mass is 10.1. The molecule has 1 heterocycles. The van der Waals surface area contributed by atoms with Crippen LogP contribution in [0.5, 0.6) is 5.75 Å². The maximum Gasteiger partial charge on any atom is 0.307 e. The van der Waals surface area contributed by atoms with Gasteiger partial charge in [0.1, 0.15) is 5.75 Å². The van der Waals surface area contributed by atoms with E-state index in [1.807, 2.05) is 19.0 Å². The van der Waals surface area contributed by atoms with E-state index in [-0.39, 0.29) is 24.7 Å². The Morgan fingerprint density at radius 1 is 1.14 bits per heavy atom. The van der Waals surface area contributed by atoms with Crippen LogP contribution in [0.2, 0.25) is 5.02 Å². The van der Waals surface area contributed by atoms with Gasteiger partial charge < -0.3 is 14.7 Å². The van der Waals surface area contributed by atoms with Crippen LogP contribution in [0.4, 0.5) is 0 Å². The standard InChI is InChI=1S/C21H21ClN2O4.ClH/c1-23(2)12-19-17(11-20(25)26)16-10-15(28-3)8-9-18(16)24(19)21(27)13-4-6-14(22)7-5-13;/h4-10H,11-12H2,1-3H3,(H,25,26);1H. The number of halogens is 2. The minimum absolute atomic E-state index is 0. The van der Waals surface area contributed by atoms with Gasteiger partial charge in [-0.15, -0.1) is 12.4 Å². The molecule has 0 saturated heterocycles. The van der Waals surface area contributed by atoms with Crippen LogP contribution in [0.15, 0.2) is 42.5 Å². The molecule has 0 fully saturated rings. The van der Waals surface area contributed by atoms with Crippen molar-refractivity contribution in [2.24, 2.45) is 0 Å². The number of benzene rings is 2. The molecule has 3 aromatic rings. The number of aromatic nitrogens is 1. The largest absolute Gasteiger partial charge is 0.497 e. The number of carbonyl (C=O) groups excluding carboxylic acids is 1. The normalized spacial score (nSPS) is 10.8. The molecule has 0 atom stereocenters. The SMILES string of the molecule is COc1ccc2c(c1)c(CC(=O)O)c(CN(C)C)n2C(=O)c1ccc(Cl)cc1.Cl. The van der Waals surface area contributed by atoms with Crippen LogP contribution in [0.1, 0.15) is 21.6 Å². The van der Waals surface area contributed by atoms with E-state index in [0.717, 1.165) is 0 Å². The van der Waals surface area contributed by atoms with Crippen molar-refractivity contribution in [1.82, 2.24) is 9.47 Å². The number of carboxylic acid groups (broad SMARTS) is 1. The lowest BCUT2D eigenvalue weighted by Gasteiger charge is -2.15. The van der Waals surface area contributed by atoms with Gasteiger partial charge in [-0.3, -0.25) is 14.2 Å². The zero-order valence-corrected chi connectivity index (χ0v) is 17.9. The topological polar surface area (TPSA) is 71.8 Å². The zero-order chi connectivity index (χ0) is 20.4. The van der Waals surface area contributed by atoms with Crippen molar-refractivity contribution in [3.05, 3.63) is 64.3 Å². The fourth-order valence-electron chi connectivity index (χ4n) is 3.28. The minimum Gasteiger partial charge on any atom is -0.497 e. The van der Waals surface area contributed by atoms with Crippen molar-refractivity contribution in [2.45, 2.75) is 13.0 Å². The van der Waals surface area contributed by atoms with Gasteiger partial charge in [-0.05, 0) is 62.1 Å². The molecule has 0 radical (unpaired) electrons. The quantitative estimate of drug-likeness (QED) is 0.629. The Hall–Kier alpha value is -2.54. The van der Waals surface area contributed by atoms with E-state index in [4.69, 9.17) is 16.3 Å². The number of nitrogens with zero attached hydrogens (tertiary/aromatic N) is 2. The Bertz CT molecular complexity index is 1040. The Morgan fingerprint density at radius 2 is 1.79 bits per heavy atom. The maximum absolute atomic E-state index is 13.4. The van der Waals surface area contributed by atoms with E-state index in [2.05, 4.69) is 0 Å². The average Bonchev–Trinajstić information content (AvgIpc) is 2.93. The number of carbonyl (C=O) groups is 2. The number of rotatable bonds is 6. The monoisotopic (exact) mass is 436 g/mol. The van der Waals surface area contributed by atoms with E-state index in [0.29, 0.717) is 45.0 Å². The fourth-order valence-corrected chi connectivity index (χ4v) is 3.41. The zero-order valence-electron chi connectivity index (χ0n) is 16.3. The van der Waals surface area contributed by atoms with Gasteiger partial charge in [0, 0.05) is 28.2 Å². The minimum atomic E-state index is -0.958. The first kappa shape index (κ1) is 22.7. The molecule has 0 amide bonds. The summed E-state index contributed by atoms with van der Waals surface area (Å²) >= 11 is 5.95. The summed E-state index contributed by atoms with van der Waals surface area (Å²) in [6.45, 7) is 0.416. The number of hydrogen-bond donors (Lipinski definition) is 1. The third-order valence-electron chi connectivity index (χ3n) is 4.48. The van der Waals surface area contributed by atoms with Crippen molar-refractivity contribution in [2.75, 3.05) is 21.2 Å². The molecule has 0 aliphatic carbocycles. The smallest absolute Gasteiger partial charge is 0.307 e. The van der Waals surface area contributed by atoms with Crippen LogP contribution >= 0.6 is 24.0 Å². The van der Waals surface area contributed by atoms with E-state index in [1.54, 1.807) is 54.1 Å². The van der Waals surface area contributed by atoms with Crippen molar-refractivity contribution in [3.8, 4) is 5.75 Å². The van der Waals surface area contributed by atoms with Crippen molar-refractivity contribution in [1.29, 1.82) is 0 Å². The first-order chi connectivity index (χ1) is 13.3. The molecule has 0 bridgehead atoms. The van der Waals surface area contributed by atoms with Gasteiger partial charge in [0.15, 0.2) is 0 Å². The average molecular weight is 437 g/mol. The highest BCUT2D eigenvalue weighted by Gasteiger charge is 2.24. The molecular weight excluding hydrogens is 415 g/mol. The number of methoxy groups -OCH3 is 1. The Labute approximate surface area is 180 Å². The van der Waals surface area contributed by atoms with Crippen LogP contribution in [0.3, 0.4) is 0 Å². The summed E-state index contributed by atoms with van der Waals surface area (Å²) < 4.78 is 6.90. The van der Waals surface area contributed by atoms with Crippen LogP contribution in [0, 0.1) is 0 Å². The molecule has 1 N–H and O–H groups in total. The van der Waals surface area contributed by atoms with E-state index in [1.165, 1.54) is 0 Å². The summed E-state index contributed by atoms with van der Waals surface area (Å²) in [5.74, 6) is -0.590. The van der Waals surface area contributed by atoms with Gasteiger partial charge in [-0.25, -0.2) is 0 Å². The molecule has 6 nitrogen and oxygen atoms in total. The van der Waals surface area contributed by atoms with Crippen LogP contribution in [-0.4, -0.2) is 47.7 Å². The first-order valence-electron chi connectivity index (χ1n) is 8.68. The molecule has 8 heteroatoms. The second-order valence-electron chi connectivity index (χ2n) is 6.76. The summed E-state index contributed by atoms with van der Waals surface area (Å²) in [7, 11) is 5.30. The van der Waals surface area contributed by atoms with Gasteiger partial charge in [-0.2, -0.15) is 0 Å². The molecule has 0 saturated carbocycles. The predicted molar refractivity (Wildman–Crippen MR) is 116 cm³/mol. The fraction of sp³-hybridized carbons (Fsp3) is 0.238. The maximum atomic E-state index is 13.4. The van der Waals surface area contributed by atoms with Gasteiger partial charge in [0.05, 0.1) is 19.0 Å².